The number of carbonyl (C=O) groups is 1. The van der Waals surface area contributed by atoms with E-state index < -0.39 is 5.97 Å². The lowest BCUT2D eigenvalue weighted by atomic mass is 10.2. The zero-order valence-corrected chi connectivity index (χ0v) is 12.2. The molecule has 0 saturated carbocycles. The van der Waals surface area contributed by atoms with Gasteiger partial charge in [-0.1, -0.05) is 13.8 Å². The molecule has 0 atom stereocenters. The van der Waals surface area contributed by atoms with Crippen molar-refractivity contribution < 1.29 is 19.4 Å². The molecule has 0 aliphatic heterocycles. The number of halogens is 1. The predicted molar refractivity (Wildman–Crippen MR) is 70.0 cm³/mol. The standard InChI is InChI=1S/C13H17BrO4/c1-4-17-11-6-9(13(15)16)5-10(14)12(11)18-7-8(2)3/h5-6,8H,4,7H2,1-3H3,(H,15,16)/p-1. The second-order valence-electron chi connectivity index (χ2n) is 4.21. The summed E-state index contributed by atoms with van der Waals surface area (Å²) in [6.45, 7) is 6.85. The molecule has 1 aromatic rings. The average Bonchev–Trinajstić information content (AvgIpc) is 2.27. The van der Waals surface area contributed by atoms with Crippen LogP contribution in [0.1, 0.15) is 31.1 Å². The van der Waals surface area contributed by atoms with Crippen molar-refractivity contribution in [1.82, 2.24) is 0 Å². The third-order valence-corrected chi connectivity index (χ3v) is 2.70. The first-order valence-electron chi connectivity index (χ1n) is 5.76. The Balaban J connectivity index is 3.09. The molecule has 0 aliphatic carbocycles. The van der Waals surface area contributed by atoms with E-state index in [2.05, 4.69) is 15.9 Å². The van der Waals surface area contributed by atoms with E-state index in [-0.39, 0.29) is 5.56 Å². The smallest absolute Gasteiger partial charge is 0.175 e. The van der Waals surface area contributed by atoms with E-state index in [1.165, 1.54) is 12.1 Å². The molecule has 0 spiro atoms. The predicted octanol–water partition coefficient (Wildman–Crippen LogP) is 2.25. The normalized spacial score (nSPS) is 10.5. The molecule has 5 heteroatoms. The fourth-order valence-corrected chi connectivity index (χ4v) is 1.90. The second-order valence-corrected chi connectivity index (χ2v) is 5.06. The number of carboxylic acids is 1. The Morgan fingerprint density at radius 2 is 2.06 bits per heavy atom. The second kappa shape index (κ2) is 6.64. The highest BCUT2D eigenvalue weighted by Gasteiger charge is 2.13. The summed E-state index contributed by atoms with van der Waals surface area (Å²) in [4.78, 5) is 10.9. The molecule has 0 aromatic heterocycles. The molecular weight excluding hydrogens is 300 g/mol. The molecule has 18 heavy (non-hydrogen) atoms. The Bertz CT molecular complexity index is 429. The van der Waals surface area contributed by atoms with E-state index in [0.29, 0.717) is 35.1 Å². The summed E-state index contributed by atoms with van der Waals surface area (Å²) in [5.41, 5.74) is 0.0576. The van der Waals surface area contributed by atoms with Gasteiger partial charge in [0, 0.05) is 5.56 Å². The SMILES string of the molecule is CCOc1cc(C(=O)[O-])cc(Br)c1OCC(C)C. The molecule has 0 heterocycles. The minimum absolute atomic E-state index is 0.0576. The maximum absolute atomic E-state index is 10.9. The van der Waals surface area contributed by atoms with Crippen LogP contribution in [0.4, 0.5) is 0 Å². The van der Waals surface area contributed by atoms with E-state index >= 15 is 0 Å². The van der Waals surface area contributed by atoms with Crippen LogP contribution in [-0.2, 0) is 0 Å². The molecule has 0 bridgehead atoms. The van der Waals surface area contributed by atoms with Gasteiger partial charge in [-0.3, -0.25) is 0 Å². The van der Waals surface area contributed by atoms with Crippen molar-refractivity contribution in [2.75, 3.05) is 13.2 Å². The fraction of sp³-hybridized carbons (Fsp3) is 0.462. The zero-order chi connectivity index (χ0) is 13.7. The number of rotatable bonds is 6. The van der Waals surface area contributed by atoms with Gasteiger partial charge in [-0.05, 0) is 40.9 Å². The zero-order valence-electron chi connectivity index (χ0n) is 10.7. The summed E-state index contributed by atoms with van der Waals surface area (Å²) < 4.78 is 11.6. The number of aromatic carboxylic acids is 1. The molecule has 1 rings (SSSR count). The Labute approximate surface area is 115 Å². The summed E-state index contributed by atoms with van der Waals surface area (Å²) in [6.07, 6.45) is 0. The van der Waals surface area contributed by atoms with Gasteiger partial charge in [0.15, 0.2) is 11.5 Å². The van der Waals surface area contributed by atoms with Gasteiger partial charge in [-0.15, -0.1) is 0 Å². The Morgan fingerprint density at radius 1 is 1.39 bits per heavy atom. The van der Waals surface area contributed by atoms with Crippen LogP contribution >= 0.6 is 15.9 Å². The van der Waals surface area contributed by atoms with Crippen LogP contribution in [0.3, 0.4) is 0 Å². The van der Waals surface area contributed by atoms with Crippen molar-refractivity contribution in [2.24, 2.45) is 5.92 Å². The Kier molecular flexibility index (Phi) is 5.47. The molecule has 100 valence electrons. The molecule has 0 unspecified atom stereocenters. The first kappa shape index (κ1) is 14.8. The minimum Gasteiger partial charge on any atom is -0.545 e. The van der Waals surface area contributed by atoms with Crippen molar-refractivity contribution in [3.63, 3.8) is 0 Å². The van der Waals surface area contributed by atoms with Crippen LogP contribution in [-0.4, -0.2) is 19.2 Å². The highest BCUT2D eigenvalue weighted by molar-refractivity contribution is 9.10. The van der Waals surface area contributed by atoms with Crippen molar-refractivity contribution in [1.29, 1.82) is 0 Å². The lowest BCUT2D eigenvalue weighted by molar-refractivity contribution is -0.255. The maximum atomic E-state index is 10.9. The van der Waals surface area contributed by atoms with Crippen molar-refractivity contribution >= 4 is 21.9 Å². The lowest BCUT2D eigenvalue weighted by Gasteiger charge is -2.16. The number of hydrogen-bond donors (Lipinski definition) is 0. The van der Waals surface area contributed by atoms with E-state index in [1.54, 1.807) is 0 Å². The van der Waals surface area contributed by atoms with Crippen LogP contribution in [0, 0.1) is 5.92 Å². The average molecular weight is 316 g/mol. The molecular formula is C13H16BrO4-. The topological polar surface area (TPSA) is 58.6 Å². The third-order valence-electron chi connectivity index (χ3n) is 2.11. The third kappa shape index (κ3) is 3.91. The van der Waals surface area contributed by atoms with Gasteiger partial charge in [0.25, 0.3) is 0 Å². The molecule has 0 radical (unpaired) electrons. The van der Waals surface area contributed by atoms with Crippen LogP contribution in [0.2, 0.25) is 0 Å². The highest BCUT2D eigenvalue weighted by atomic mass is 79.9. The largest absolute Gasteiger partial charge is 0.545 e. The lowest BCUT2D eigenvalue weighted by Crippen LogP contribution is -2.22. The summed E-state index contributed by atoms with van der Waals surface area (Å²) in [7, 11) is 0. The van der Waals surface area contributed by atoms with Crippen molar-refractivity contribution in [2.45, 2.75) is 20.8 Å². The molecule has 0 amide bonds. The molecule has 4 nitrogen and oxygen atoms in total. The first-order chi connectivity index (χ1) is 8.45. The Hall–Kier alpha value is -1.23. The van der Waals surface area contributed by atoms with Gasteiger partial charge in [0.1, 0.15) is 0 Å². The Morgan fingerprint density at radius 3 is 2.56 bits per heavy atom. The molecule has 0 fully saturated rings. The number of ether oxygens (including phenoxy) is 2. The number of benzene rings is 1. The van der Waals surface area contributed by atoms with E-state index in [1.807, 2.05) is 20.8 Å². The molecule has 0 saturated heterocycles. The monoisotopic (exact) mass is 315 g/mol. The number of carbonyl (C=O) groups excluding carboxylic acids is 1. The van der Waals surface area contributed by atoms with Gasteiger partial charge in [-0.2, -0.15) is 0 Å². The minimum atomic E-state index is -1.24. The van der Waals surface area contributed by atoms with Gasteiger partial charge in [0.2, 0.25) is 0 Å². The maximum Gasteiger partial charge on any atom is 0.175 e. The quantitative estimate of drug-likeness (QED) is 0.808. The van der Waals surface area contributed by atoms with Gasteiger partial charge < -0.3 is 19.4 Å². The van der Waals surface area contributed by atoms with Gasteiger partial charge in [-0.25, -0.2) is 0 Å². The molecule has 0 aliphatic rings. The van der Waals surface area contributed by atoms with E-state index in [4.69, 9.17) is 9.47 Å². The van der Waals surface area contributed by atoms with Crippen LogP contribution in [0.25, 0.3) is 0 Å². The van der Waals surface area contributed by atoms with E-state index in [9.17, 15) is 9.90 Å². The first-order valence-corrected chi connectivity index (χ1v) is 6.55. The summed E-state index contributed by atoms with van der Waals surface area (Å²) in [5.74, 6) is 0.0570. The summed E-state index contributed by atoms with van der Waals surface area (Å²) in [5, 5.41) is 10.9. The van der Waals surface area contributed by atoms with Crippen LogP contribution < -0.4 is 14.6 Å². The van der Waals surface area contributed by atoms with Gasteiger partial charge in [0.05, 0.1) is 23.7 Å². The van der Waals surface area contributed by atoms with Crippen LogP contribution in [0.15, 0.2) is 16.6 Å². The summed E-state index contributed by atoms with van der Waals surface area (Å²) >= 11 is 3.29. The number of carboxylic acid groups (broad SMARTS) is 1. The van der Waals surface area contributed by atoms with Crippen LogP contribution in [0.5, 0.6) is 11.5 Å². The molecule has 0 N–H and O–H groups in total. The summed E-state index contributed by atoms with van der Waals surface area (Å²) in [6, 6.07) is 2.87. The molecule has 1 aromatic carbocycles. The van der Waals surface area contributed by atoms with E-state index in [0.717, 1.165) is 0 Å². The van der Waals surface area contributed by atoms with Crippen molar-refractivity contribution in [3.05, 3.63) is 22.2 Å². The van der Waals surface area contributed by atoms with Gasteiger partial charge >= 0.3 is 0 Å². The highest BCUT2D eigenvalue weighted by Crippen LogP contribution is 2.37. The van der Waals surface area contributed by atoms with Crippen molar-refractivity contribution in [3.8, 4) is 11.5 Å². The number of hydrogen-bond acceptors (Lipinski definition) is 4. The fourth-order valence-electron chi connectivity index (χ4n) is 1.34.